The molecule has 3 aromatic rings. The van der Waals surface area contributed by atoms with Gasteiger partial charge in [0, 0.05) is 38.0 Å². The van der Waals surface area contributed by atoms with E-state index >= 15 is 0 Å². The van der Waals surface area contributed by atoms with Crippen molar-refractivity contribution in [2.45, 2.75) is 11.3 Å². The molecular formula is C21H21ClFN3O3S2. The zero-order chi connectivity index (χ0) is 22.0. The molecule has 1 aromatic heterocycles. The molecule has 0 unspecified atom stereocenters. The number of thiazole rings is 1. The van der Waals surface area contributed by atoms with Crippen LogP contribution in [0.3, 0.4) is 0 Å². The van der Waals surface area contributed by atoms with E-state index in [9.17, 15) is 12.8 Å². The molecular weight excluding hydrogens is 461 g/mol. The van der Waals surface area contributed by atoms with E-state index in [1.54, 1.807) is 18.4 Å². The molecule has 0 aliphatic carbocycles. The molecule has 1 aliphatic rings. The Hall–Kier alpha value is -2.20. The molecule has 0 atom stereocenters. The third-order valence-corrected chi connectivity index (χ3v) is 8.41. The monoisotopic (exact) mass is 481 g/mol. The van der Waals surface area contributed by atoms with Crippen LogP contribution >= 0.6 is 22.9 Å². The normalized spacial score (nSPS) is 15.3. The maximum Gasteiger partial charge on any atom is 0.244 e. The summed E-state index contributed by atoms with van der Waals surface area (Å²) in [5.74, 6) is 0.244. The zero-order valence-corrected chi connectivity index (χ0v) is 19.2. The van der Waals surface area contributed by atoms with Crippen LogP contribution in [0.4, 0.5) is 9.52 Å². The molecule has 0 amide bonds. The molecule has 4 rings (SSSR count). The van der Waals surface area contributed by atoms with E-state index in [-0.39, 0.29) is 9.92 Å². The maximum atomic E-state index is 13.3. The number of methoxy groups -OCH3 is 1. The molecule has 10 heteroatoms. The lowest BCUT2D eigenvalue weighted by atomic mass is 10.1. The molecule has 6 nitrogen and oxygen atoms in total. The standard InChI is InChI=1S/C21H21ClFN3O3S2/c1-29-18-4-2-3-15(12-18)11-17-14-30-21(24-17)25-7-9-26(10-8-25)31(27,28)20-6-5-16(23)13-19(20)22/h2-6,12-14H,7-11H2,1H3. The SMILES string of the molecule is COc1cccc(Cc2csc(N3CCN(S(=O)(=O)c4ccc(F)cc4Cl)CC3)n2)c1. The van der Waals surface area contributed by atoms with Gasteiger partial charge in [-0.25, -0.2) is 17.8 Å². The average Bonchev–Trinajstić information content (AvgIpc) is 3.22. The molecule has 2 aromatic carbocycles. The van der Waals surface area contributed by atoms with Gasteiger partial charge in [-0.1, -0.05) is 23.7 Å². The minimum absolute atomic E-state index is 0.0705. The first-order valence-electron chi connectivity index (χ1n) is 9.64. The summed E-state index contributed by atoms with van der Waals surface area (Å²) in [4.78, 5) is 6.74. The van der Waals surface area contributed by atoms with Crippen LogP contribution in [0.15, 0.2) is 52.7 Å². The number of piperazine rings is 1. The lowest BCUT2D eigenvalue weighted by molar-refractivity contribution is 0.384. The molecule has 164 valence electrons. The van der Waals surface area contributed by atoms with Gasteiger partial charge in [-0.3, -0.25) is 0 Å². The Bertz CT molecular complexity index is 1180. The van der Waals surface area contributed by atoms with Crippen LogP contribution in [0.1, 0.15) is 11.3 Å². The maximum absolute atomic E-state index is 13.3. The summed E-state index contributed by atoms with van der Waals surface area (Å²) >= 11 is 7.52. The van der Waals surface area contributed by atoms with E-state index < -0.39 is 15.8 Å². The minimum Gasteiger partial charge on any atom is -0.497 e. The zero-order valence-electron chi connectivity index (χ0n) is 16.8. The van der Waals surface area contributed by atoms with Crippen molar-refractivity contribution >= 4 is 38.1 Å². The number of aromatic nitrogens is 1. The quantitative estimate of drug-likeness (QED) is 0.531. The number of sulfonamides is 1. The van der Waals surface area contributed by atoms with Gasteiger partial charge in [0.15, 0.2) is 5.13 Å². The van der Waals surface area contributed by atoms with Crippen LogP contribution in [-0.2, 0) is 16.4 Å². The van der Waals surface area contributed by atoms with E-state index in [4.69, 9.17) is 21.3 Å². The van der Waals surface area contributed by atoms with Gasteiger partial charge in [-0.15, -0.1) is 11.3 Å². The molecule has 0 spiro atoms. The van der Waals surface area contributed by atoms with Crippen molar-refractivity contribution in [2.75, 3.05) is 38.2 Å². The lowest BCUT2D eigenvalue weighted by Crippen LogP contribution is -2.48. The van der Waals surface area contributed by atoms with Crippen LogP contribution in [0.5, 0.6) is 5.75 Å². The van der Waals surface area contributed by atoms with Crippen molar-refractivity contribution in [3.05, 3.63) is 69.9 Å². The summed E-state index contributed by atoms with van der Waals surface area (Å²) in [5.41, 5.74) is 2.07. The van der Waals surface area contributed by atoms with Crippen molar-refractivity contribution in [2.24, 2.45) is 0 Å². The van der Waals surface area contributed by atoms with Gasteiger partial charge in [0.1, 0.15) is 16.5 Å². The van der Waals surface area contributed by atoms with E-state index in [2.05, 4.69) is 4.90 Å². The summed E-state index contributed by atoms with van der Waals surface area (Å²) in [6.07, 6.45) is 0.700. The second-order valence-corrected chi connectivity index (χ2v) is 10.3. The predicted molar refractivity (Wildman–Crippen MR) is 120 cm³/mol. The number of nitrogens with zero attached hydrogens (tertiary/aromatic N) is 3. The van der Waals surface area contributed by atoms with Crippen LogP contribution < -0.4 is 9.64 Å². The average molecular weight is 482 g/mol. The Morgan fingerprint density at radius 1 is 1.16 bits per heavy atom. The van der Waals surface area contributed by atoms with E-state index in [0.717, 1.165) is 34.3 Å². The van der Waals surface area contributed by atoms with Gasteiger partial charge in [0.05, 0.1) is 17.8 Å². The largest absolute Gasteiger partial charge is 0.497 e. The first-order valence-corrected chi connectivity index (χ1v) is 12.3. The van der Waals surface area contributed by atoms with Crippen LogP contribution in [0.25, 0.3) is 0 Å². The van der Waals surface area contributed by atoms with Crippen molar-refractivity contribution < 1.29 is 17.5 Å². The third-order valence-electron chi connectivity index (χ3n) is 5.08. The first kappa shape index (κ1) is 22.0. The van der Waals surface area contributed by atoms with Gasteiger partial charge in [0.25, 0.3) is 0 Å². The van der Waals surface area contributed by atoms with Gasteiger partial charge < -0.3 is 9.64 Å². The number of halogens is 2. The molecule has 0 N–H and O–H groups in total. The van der Waals surface area contributed by atoms with Crippen LogP contribution in [-0.4, -0.2) is 51.0 Å². The Balaban J connectivity index is 1.41. The molecule has 2 heterocycles. The fraction of sp³-hybridized carbons (Fsp3) is 0.286. The highest BCUT2D eigenvalue weighted by atomic mass is 35.5. The van der Waals surface area contributed by atoms with Gasteiger partial charge >= 0.3 is 0 Å². The Morgan fingerprint density at radius 2 is 1.94 bits per heavy atom. The van der Waals surface area contributed by atoms with E-state index in [1.807, 2.05) is 29.6 Å². The van der Waals surface area contributed by atoms with Crippen molar-refractivity contribution in [1.29, 1.82) is 0 Å². The third kappa shape index (κ3) is 4.85. The number of benzene rings is 2. The fourth-order valence-corrected chi connectivity index (χ4v) is 6.26. The number of rotatable bonds is 6. The van der Waals surface area contributed by atoms with E-state index in [0.29, 0.717) is 32.6 Å². The summed E-state index contributed by atoms with van der Waals surface area (Å²) in [7, 11) is -2.14. The smallest absolute Gasteiger partial charge is 0.244 e. The van der Waals surface area contributed by atoms with Gasteiger partial charge in [0.2, 0.25) is 10.0 Å². The molecule has 31 heavy (non-hydrogen) atoms. The topological polar surface area (TPSA) is 62.7 Å². The summed E-state index contributed by atoms with van der Waals surface area (Å²) in [5, 5.41) is 2.79. The molecule has 0 saturated carbocycles. The summed E-state index contributed by atoms with van der Waals surface area (Å²) < 4.78 is 45.7. The second kappa shape index (κ2) is 9.12. The highest BCUT2D eigenvalue weighted by Crippen LogP contribution is 2.28. The fourth-order valence-electron chi connectivity index (χ4n) is 3.46. The molecule has 0 radical (unpaired) electrons. The number of ether oxygens (including phenoxy) is 1. The number of hydrogen-bond acceptors (Lipinski definition) is 6. The Morgan fingerprint density at radius 3 is 2.65 bits per heavy atom. The van der Waals surface area contributed by atoms with Crippen molar-refractivity contribution in [1.82, 2.24) is 9.29 Å². The van der Waals surface area contributed by atoms with Gasteiger partial charge in [-0.05, 0) is 35.9 Å². The molecule has 0 bridgehead atoms. The summed E-state index contributed by atoms with van der Waals surface area (Å²) in [6, 6.07) is 11.2. The van der Waals surface area contributed by atoms with E-state index in [1.165, 1.54) is 10.4 Å². The van der Waals surface area contributed by atoms with Gasteiger partial charge in [-0.2, -0.15) is 4.31 Å². The Kier molecular flexibility index (Phi) is 6.47. The second-order valence-electron chi connectivity index (χ2n) is 7.12. The minimum atomic E-state index is -3.78. The number of anilines is 1. The predicted octanol–water partition coefficient (Wildman–Crippen LogP) is 4.05. The first-order chi connectivity index (χ1) is 14.9. The van der Waals surface area contributed by atoms with Crippen molar-refractivity contribution in [3.63, 3.8) is 0 Å². The molecule has 1 saturated heterocycles. The molecule has 1 aliphatic heterocycles. The lowest BCUT2D eigenvalue weighted by Gasteiger charge is -2.33. The highest BCUT2D eigenvalue weighted by molar-refractivity contribution is 7.89. The van der Waals surface area contributed by atoms with Crippen LogP contribution in [0, 0.1) is 5.82 Å². The highest BCUT2D eigenvalue weighted by Gasteiger charge is 2.31. The van der Waals surface area contributed by atoms with Crippen molar-refractivity contribution in [3.8, 4) is 5.75 Å². The summed E-state index contributed by atoms with van der Waals surface area (Å²) in [6.45, 7) is 1.65. The Labute approximate surface area is 189 Å². The molecule has 1 fully saturated rings. The number of hydrogen-bond donors (Lipinski definition) is 0. The van der Waals surface area contributed by atoms with Crippen LogP contribution in [0.2, 0.25) is 5.02 Å².